The van der Waals surface area contributed by atoms with Gasteiger partial charge in [-0.25, -0.2) is 0 Å². The zero-order chi connectivity index (χ0) is 8.43. The van der Waals surface area contributed by atoms with Crippen molar-refractivity contribution in [3.8, 4) is 5.75 Å². The van der Waals surface area contributed by atoms with Crippen LogP contribution >= 0.6 is 23.2 Å². The van der Waals surface area contributed by atoms with Crippen molar-refractivity contribution in [2.75, 3.05) is 12.8 Å². The summed E-state index contributed by atoms with van der Waals surface area (Å²) < 4.78 is 4.91. The molecule has 0 bridgehead atoms. The monoisotopic (exact) mass is 191 g/mol. The third kappa shape index (κ3) is 1.70. The first-order chi connectivity index (χ1) is 5.15. The van der Waals surface area contributed by atoms with E-state index in [1.807, 2.05) is 0 Å². The quantitative estimate of drug-likeness (QED) is 0.694. The van der Waals surface area contributed by atoms with Gasteiger partial charge in [0.05, 0.1) is 22.8 Å². The molecule has 1 rings (SSSR count). The van der Waals surface area contributed by atoms with Gasteiger partial charge in [-0.2, -0.15) is 0 Å². The Morgan fingerprint density at radius 2 is 1.91 bits per heavy atom. The summed E-state index contributed by atoms with van der Waals surface area (Å²) in [5, 5.41) is 0.917. The van der Waals surface area contributed by atoms with Crippen molar-refractivity contribution in [2.45, 2.75) is 0 Å². The molecule has 1 aromatic carbocycles. The third-order valence-electron chi connectivity index (χ3n) is 1.27. The fraction of sp³-hybridized carbons (Fsp3) is 0.143. The Morgan fingerprint density at radius 3 is 2.45 bits per heavy atom. The summed E-state index contributed by atoms with van der Waals surface area (Å²) in [6, 6.07) is 3.14. The van der Waals surface area contributed by atoms with E-state index in [0.717, 1.165) is 0 Å². The third-order valence-corrected chi connectivity index (χ3v) is 1.89. The van der Waals surface area contributed by atoms with Crippen LogP contribution in [-0.2, 0) is 0 Å². The predicted octanol–water partition coefficient (Wildman–Crippen LogP) is 2.58. The molecule has 0 aromatic heterocycles. The SMILES string of the molecule is COc1cc(Cl)c(N)cc1Cl. The Hall–Kier alpha value is -0.600. The van der Waals surface area contributed by atoms with Crippen LogP contribution in [0.15, 0.2) is 12.1 Å². The Kier molecular flexibility index (Phi) is 2.47. The summed E-state index contributed by atoms with van der Waals surface area (Å²) in [7, 11) is 1.52. The van der Waals surface area contributed by atoms with Crippen LogP contribution in [0, 0.1) is 0 Å². The van der Waals surface area contributed by atoms with Crippen LogP contribution < -0.4 is 10.5 Å². The van der Waals surface area contributed by atoms with Gasteiger partial charge in [-0.3, -0.25) is 0 Å². The number of methoxy groups -OCH3 is 1. The molecule has 0 saturated carbocycles. The highest BCUT2D eigenvalue weighted by Crippen LogP contribution is 2.31. The summed E-state index contributed by atoms with van der Waals surface area (Å²) in [6.07, 6.45) is 0. The number of nitrogen functional groups attached to an aromatic ring is 1. The van der Waals surface area contributed by atoms with Gasteiger partial charge in [-0.05, 0) is 6.07 Å². The number of ether oxygens (including phenoxy) is 1. The van der Waals surface area contributed by atoms with E-state index >= 15 is 0 Å². The van der Waals surface area contributed by atoms with Crippen LogP contribution in [0.25, 0.3) is 0 Å². The zero-order valence-electron chi connectivity index (χ0n) is 5.90. The lowest BCUT2D eigenvalue weighted by Crippen LogP contribution is -1.89. The molecule has 60 valence electrons. The number of halogens is 2. The number of nitrogens with two attached hydrogens (primary N) is 1. The second kappa shape index (κ2) is 3.20. The fourth-order valence-corrected chi connectivity index (χ4v) is 1.10. The first kappa shape index (κ1) is 8.50. The normalized spacial score (nSPS) is 9.73. The highest BCUT2D eigenvalue weighted by atomic mass is 35.5. The summed E-state index contributed by atoms with van der Waals surface area (Å²) in [6.45, 7) is 0. The fourth-order valence-electron chi connectivity index (χ4n) is 0.700. The second-order valence-electron chi connectivity index (χ2n) is 2.01. The van der Waals surface area contributed by atoms with Gasteiger partial charge in [0.1, 0.15) is 5.75 Å². The van der Waals surface area contributed by atoms with Gasteiger partial charge in [0.2, 0.25) is 0 Å². The first-order valence-corrected chi connectivity index (χ1v) is 3.69. The average Bonchev–Trinajstić information content (AvgIpc) is 1.97. The molecule has 4 heteroatoms. The van der Waals surface area contributed by atoms with Crippen LogP contribution in [0.5, 0.6) is 5.75 Å². The molecule has 0 fully saturated rings. The number of benzene rings is 1. The van der Waals surface area contributed by atoms with Gasteiger partial charge in [-0.15, -0.1) is 0 Å². The van der Waals surface area contributed by atoms with E-state index in [4.69, 9.17) is 33.7 Å². The molecule has 1 aromatic rings. The average molecular weight is 192 g/mol. The number of rotatable bonds is 1. The number of hydrogen-bond acceptors (Lipinski definition) is 2. The molecule has 0 aliphatic heterocycles. The highest BCUT2D eigenvalue weighted by molar-refractivity contribution is 6.36. The maximum absolute atomic E-state index is 5.74. The molecular formula is C7H7Cl2NO. The van der Waals surface area contributed by atoms with Crippen LogP contribution in [0.2, 0.25) is 10.0 Å². The van der Waals surface area contributed by atoms with Gasteiger partial charge in [0, 0.05) is 6.07 Å². The molecular weight excluding hydrogens is 185 g/mol. The van der Waals surface area contributed by atoms with Gasteiger partial charge in [0.25, 0.3) is 0 Å². The lowest BCUT2D eigenvalue weighted by atomic mass is 10.3. The molecule has 0 radical (unpaired) electrons. The van der Waals surface area contributed by atoms with Crippen molar-refractivity contribution in [2.24, 2.45) is 0 Å². The number of hydrogen-bond donors (Lipinski definition) is 1. The topological polar surface area (TPSA) is 35.2 Å². The molecule has 0 amide bonds. The highest BCUT2D eigenvalue weighted by Gasteiger charge is 2.03. The minimum Gasteiger partial charge on any atom is -0.495 e. The summed E-state index contributed by atoms with van der Waals surface area (Å²) in [4.78, 5) is 0. The van der Waals surface area contributed by atoms with E-state index in [2.05, 4.69) is 0 Å². The Morgan fingerprint density at radius 1 is 1.27 bits per heavy atom. The molecule has 0 aliphatic carbocycles. The Balaban J connectivity index is 3.21. The van der Waals surface area contributed by atoms with E-state index in [9.17, 15) is 0 Å². The van der Waals surface area contributed by atoms with Crippen LogP contribution in [0.1, 0.15) is 0 Å². The molecule has 0 atom stereocenters. The van der Waals surface area contributed by atoms with Crippen molar-refractivity contribution in [3.63, 3.8) is 0 Å². The predicted molar refractivity (Wildman–Crippen MR) is 47.4 cm³/mol. The first-order valence-electron chi connectivity index (χ1n) is 2.93. The summed E-state index contributed by atoms with van der Waals surface area (Å²) in [5.74, 6) is 0.533. The van der Waals surface area contributed by atoms with E-state index in [-0.39, 0.29) is 0 Å². The maximum atomic E-state index is 5.74. The van der Waals surface area contributed by atoms with Crippen LogP contribution in [0.3, 0.4) is 0 Å². The van der Waals surface area contributed by atoms with E-state index < -0.39 is 0 Å². The van der Waals surface area contributed by atoms with Crippen molar-refractivity contribution >= 4 is 28.9 Å². The van der Waals surface area contributed by atoms with E-state index in [1.165, 1.54) is 7.11 Å². The van der Waals surface area contributed by atoms with E-state index in [0.29, 0.717) is 21.5 Å². The number of anilines is 1. The molecule has 11 heavy (non-hydrogen) atoms. The Labute approximate surface area is 74.9 Å². The van der Waals surface area contributed by atoms with E-state index in [1.54, 1.807) is 12.1 Å². The van der Waals surface area contributed by atoms with Crippen molar-refractivity contribution in [1.29, 1.82) is 0 Å². The van der Waals surface area contributed by atoms with Crippen molar-refractivity contribution in [3.05, 3.63) is 22.2 Å². The largest absolute Gasteiger partial charge is 0.495 e. The molecule has 0 saturated heterocycles. The standard InChI is InChI=1S/C7H7Cl2NO/c1-11-7-3-4(8)6(10)2-5(7)9/h2-3H,10H2,1H3. The van der Waals surface area contributed by atoms with Gasteiger partial charge in [0.15, 0.2) is 0 Å². The Bertz CT molecular complexity index is 275. The lowest BCUT2D eigenvalue weighted by molar-refractivity contribution is 0.415. The lowest BCUT2D eigenvalue weighted by Gasteiger charge is -2.04. The summed E-state index contributed by atoms with van der Waals surface area (Å²) in [5.41, 5.74) is 5.93. The van der Waals surface area contributed by atoms with Crippen LogP contribution in [-0.4, -0.2) is 7.11 Å². The maximum Gasteiger partial charge on any atom is 0.139 e. The summed E-state index contributed by atoms with van der Waals surface area (Å²) >= 11 is 11.4. The zero-order valence-corrected chi connectivity index (χ0v) is 7.41. The van der Waals surface area contributed by atoms with Gasteiger partial charge >= 0.3 is 0 Å². The minimum absolute atomic E-state index is 0.450. The molecule has 2 N–H and O–H groups in total. The second-order valence-corrected chi connectivity index (χ2v) is 2.82. The molecule has 0 aliphatic rings. The molecule has 0 heterocycles. The molecule has 2 nitrogen and oxygen atoms in total. The van der Waals surface area contributed by atoms with Crippen LogP contribution in [0.4, 0.5) is 5.69 Å². The van der Waals surface area contributed by atoms with Gasteiger partial charge < -0.3 is 10.5 Å². The smallest absolute Gasteiger partial charge is 0.139 e. The van der Waals surface area contributed by atoms with Crippen molar-refractivity contribution in [1.82, 2.24) is 0 Å². The molecule has 0 spiro atoms. The van der Waals surface area contributed by atoms with Crippen molar-refractivity contribution < 1.29 is 4.74 Å². The van der Waals surface area contributed by atoms with Gasteiger partial charge in [-0.1, -0.05) is 23.2 Å². The minimum atomic E-state index is 0.450. The molecule has 0 unspecified atom stereocenters.